The molecule has 0 atom stereocenters. The van der Waals surface area contributed by atoms with Gasteiger partial charge in [-0.05, 0) is 134 Å². The number of rotatable bonds is 23. The number of hydrogen-bond acceptors (Lipinski definition) is 6. The van der Waals surface area contributed by atoms with E-state index >= 15 is 0 Å². The molecule has 2 fully saturated rings. The zero-order valence-corrected chi connectivity index (χ0v) is 36.1. The molecular formula is C46H82N8O2. The molecule has 2 amide bonds. The van der Waals surface area contributed by atoms with Crippen LogP contribution < -0.4 is 21.7 Å². The maximum Gasteiger partial charge on any atom is 0.319 e. The van der Waals surface area contributed by atoms with E-state index in [0.717, 1.165) is 103 Å². The molecule has 10 heteroatoms. The number of nitrogens with two attached hydrogens (primary N) is 1. The molecule has 1 saturated carbocycles. The molecule has 0 radical (unpaired) electrons. The number of ether oxygens (including phenoxy) is 1. The fraction of sp³-hybridized carbons (Fsp3) is 0.696. The normalized spacial score (nSPS) is 15.1. The molecule has 1 saturated heterocycles. The molecule has 0 bridgehead atoms. The molecule has 2 aliphatic rings. The van der Waals surface area contributed by atoms with Crippen LogP contribution in [0.15, 0.2) is 65.7 Å². The number of carbonyl (C=O) groups is 1. The fourth-order valence-corrected chi connectivity index (χ4v) is 7.15. The minimum Gasteiger partial charge on any atom is -0.381 e. The van der Waals surface area contributed by atoms with E-state index in [1.807, 2.05) is 30.3 Å². The van der Waals surface area contributed by atoms with Gasteiger partial charge in [-0.3, -0.25) is 4.99 Å². The molecule has 5 N–H and O–H groups in total. The highest BCUT2D eigenvalue weighted by molar-refractivity contribution is 5.89. The summed E-state index contributed by atoms with van der Waals surface area (Å²) in [6.45, 7) is 23.4. The first kappa shape index (κ1) is 49.0. The van der Waals surface area contributed by atoms with Crippen LogP contribution >= 0.6 is 0 Å². The lowest BCUT2D eigenvalue weighted by Gasteiger charge is -2.26. The van der Waals surface area contributed by atoms with Gasteiger partial charge < -0.3 is 41.1 Å². The van der Waals surface area contributed by atoms with Crippen molar-refractivity contribution in [1.82, 2.24) is 25.3 Å². The Morgan fingerprint density at radius 2 is 1.30 bits per heavy atom. The van der Waals surface area contributed by atoms with Gasteiger partial charge in [0.15, 0.2) is 5.96 Å². The third-order valence-corrected chi connectivity index (χ3v) is 10.8. The quantitative estimate of drug-likeness (QED) is 0.0511. The molecule has 318 valence electrons. The Bertz CT molecular complexity index is 1200. The van der Waals surface area contributed by atoms with Gasteiger partial charge in [-0.25, -0.2) is 4.79 Å². The van der Waals surface area contributed by atoms with Crippen LogP contribution in [0.1, 0.15) is 110 Å². The first-order valence-corrected chi connectivity index (χ1v) is 22.4. The predicted octanol–water partition coefficient (Wildman–Crippen LogP) is 8.25. The van der Waals surface area contributed by atoms with Crippen molar-refractivity contribution in [2.24, 2.45) is 16.6 Å². The third kappa shape index (κ3) is 25.9. The Morgan fingerprint density at radius 3 is 1.95 bits per heavy atom. The summed E-state index contributed by atoms with van der Waals surface area (Å²) in [6.07, 6.45) is 16.5. The lowest BCUT2D eigenvalue weighted by atomic mass is 9.89. The van der Waals surface area contributed by atoms with Crippen LogP contribution in [0.5, 0.6) is 0 Å². The number of amides is 2. The minimum absolute atomic E-state index is 0.138. The maximum atomic E-state index is 11.6. The summed E-state index contributed by atoms with van der Waals surface area (Å²) in [5, 5.41) is 8.92. The van der Waals surface area contributed by atoms with E-state index in [1.165, 1.54) is 83.0 Å². The zero-order chi connectivity index (χ0) is 40.3. The third-order valence-electron chi connectivity index (χ3n) is 10.8. The van der Waals surface area contributed by atoms with Gasteiger partial charge in [-0.1, -0.05) is 102 Å². The van der Waals surface area contributed by atoms with Crippen molar-refractivity contribution in [1.29, 1.82) is 0 Å². The number of para-hydroxylation sites is 1. The molecule has 0 unspecified atom stereocenters. The number of benzene rings is 2. The molecule has 1 aliphatic heterocycles. The number of aryl methyl sites for hydroxylation is 1. The molecule has 0 aromatic heterocycles. The second-order valence-corrected chi connectivity index (χ2v) is 15.1. The van der Waals surface area contributed by atoms with Crippen LogP contribution in [0, 0.1) is 5.92 Å². The molecule has 1 heterocycles. The maximum absolute atomic E-state index is 11.6. The number of nitrogens with zero attached hydrogens (tertiary/aromatic N) is 4. The predicted molar refractivity (Wildman–Crippen MR) is 240 cm³/mol. The van der Waals surface area contributed by atoms with Crippen molar-refractivity contribution >= 4 is 17.7 Å². The van der Waals surface area contributed by atoms with Crippen LogP contribution in [-0.4, -0.2) is 118 Å². The number of likely N-dealkylation sites (tertiary alicyclic amines) is 1. The summed E-state index contributed by atoms with van der Waals surface area (Å²) >= 11 is 0. The Balaban J connectivity index is 0.000000291. The topological polar surface area (TPSA) is 110 Å². The van der Waals surface area contributed by atoms with Crippen molar-refractivity contribution in [3.8, 4) is 0 Å². The molecule has 2 aromatic carbocycles. The number of nitrogens with one attached hydrogen (secondary N) is 3. The van der Waals surface area contributed by atoms with Gasteiger partial charge in [0.1, 0.15) is 0 Å². The van der Waals surface area contributed by atoms with Crippen LogP contribution in [0.2, 0.25) is 0 Å². The van der Waals surface area contributed by atoms with Gasteiger partial charge in [-0.2, -0.15) is 0 Å². The summed E-state index contributed by atoms with van der Waals surface area (Å²) < 4.78 is 5.67. The number of piperidine rings is 1. The van der Waals surface area contributed by atoms with Gasteiger partial charge in [-0.15, -0.1) is 0 Å². The molecule has 4 rings (SSSR count). The van der Waals surface area contributed by atoms with E-state index in [0.29, 0.717) is 12.5 Å². The molecule has 56 heavy (non-hydrogen) atoms. The number of aliphatic imine (C=N–C) groups is 1. The van der Waals surface area contributed by atoms with Gasteiger partial charge in [0, 0.05) is 45.1 Å². The van der Waals surface area contributed by atoms with Gasteiger partial charge in [0.05, 0.1) is 0 Å². The van der Waals surface area contributed by atoms with Crippen LogP contribution in [0.4, 0.5) is 10.5 Å². The van der Waals surface area contributed by atoms with Crippen molar-refractivity contribution < 1.29 is 9.53 Å². The van der Waals surface area contributed by atoms with E-state index in [2.05, 4.69) is 93.7 Å². The average molecular weight is 779 g/mol. The number of carbonyl (C=O) groups excluding carboxylic acids is 1. The molecule has 1 aliphatic carbocycles. The SMILES string of the molecule is CCN(CC)CCCNC(=O)Nc1ccccc1.CCN(CC)CCCOCCCc1ccccc1.NC(=NCC1CCCCC1)NCCCN1CCCCC1. The molecule has 2 aromatic rings. The largest absolute Gasteiger partial charge is 0.381 e. The van der Waals surface area contributed by atoms with E-state index in [1.54, 1.807) is 0 Å². The number of urea groups is 1. The highest BCUT2D eigenvalue weighted by Crippen LogP contribution is 2.23. The van der Waals surface area contributed by atoms with E-state index in [-0.39, 0.29) is 6.03 Å². The molecule has 0 spiro atoms. The zero-order valence-electron chi connectivity index (χ0n) is 36.1. The Kier molecular flexibility index (Phi) is 29.7. The Labute approximate surface area is 342 Å². The Morgan fingerprint density at radius 1 is 0.732 bits per heavy atom. The summed E-state index contributed by atoms with van der Waals surface area (Å²) in [5.74, 6) is 1.42. The van der Waals surface area contributed by atoms with Crippen molar-refractivity contribution in [2.45, 2.75) is 111 Å². The van der Waals surface area contributed by atoms with E-state index in [9.17, 15) is 4.79 Å². The molecule has 10 nitrogen and oxygen atoms in total. The second kappa shape index (κ2) is 33.9. The summed E-state index contributed by atoms with van der Waals surface area (Å²) in [4.78, 5) is 23.4. The average Bonchev–Trinajstić information content (AvgIpc) is 3.25. The number of hydrogen-bond donors (Lipinski definition) is 4. The fourth-order valence-electron chi connectivity index (χ4n) is 7.15. The number of guanidine groups is 1. The highest BCUT2D eigenvalue weighted by Gasteiger charge is 2.13. The van der Waals surface area contributed by atoms with Crippen LogP contribution in [-0.2, 0) is 11.2 Å². The van der Waals surface area contributed by atoms with Crippen LogP contribution in [0.3, 0.4) is 0 Å². The molecular weight excluding hydrogens is 697 g/mol. The second-order valence-electron chi connectivity index (χ2n) is 15.1. The standard InChI is InChI=1S/C16H32N4.C16H27NO.C14H23N3O/c17-16(19-14-15-8-3-1-4-9-15)18-10-7-13-20-11-5-2-6-12-20;1-3-17(4-2)13-9-15-18-14-8-12-16-10-6-5-7-11-16;1-3-17(4-2)12-8-11-15-14(18)16-13-9-6-5-7-10-13/h15H,1-14H2,(H3,17,18,19);5-7,10-11H,3-4,8-9,12-15H2,1-2H3;5-7,9-10H,3-4,8,11-12H2,1-2H3,(H2,15,16,18). The summed E-state index contributed by atoms with van der Waals surface area (Å²) in [5.41, 5.74) is 8.16. The van der Waals surface area contributed by atoms with Gasteiger partial charge >= 0.3 is 6.03 Å². The summed E-state index contributed by atoms with van der Waals surface area (Å²) in [7, 11) is 0. The number of anilines is 1. The van der Waals surface area contributed by atoms with Gasteiger partial charge in [0.2, 0.25) is 0 Å². The van der Waals surface area contributed by atoms with Crippen molar-refractivity contribution in [3.05, 3.63) is 66.2 Å². The smallest absolute Gasteiger partial charge is 0.319 e. The first-order valence-electron chi connectivity index (χ1n) is 22.4. The van der Waals surface area contributed by atoms with Crippen molar-refractivity contribution in [3.63, 3.8) is 0 Å². The van der Waals surface area contributed by atoms with Crippen molar-refractivity contribution in [2.75, 3.05) is 97.1 Å². The monoisotopic (exact) mass is 779 g/mol. The van der Waals surface area contributed by atoms with Gasteiger partial charge in [0.25, 0.3) is 0 Å². The highest BCUT2D eigenvalue weighted by atomic mass is 16.5. The first-order chi connectivity index (χ1) is 27.5. The van der Waals surface area contributed by atoms with Crippen LogP contribution in [0.25, 0.3) is 0 Å². The lowest BCUT2D eigenvalue weighted by molar-refractivity contribution is 0.120. The Hall–Kier alpha value is -3.18. The van der Waals surface area contributed by atoms with E-state index in [4.69, 9.17) is 10.5 Å². The minimum atomic E-state index is -0.138. The lowest BCUT2D eigenvalue weighted by Crippen LogP contribution is -2.36. The summed E-state index contributed by atoms with van der Waals surface area (Å²) in [6, 6.07) is 19.9. The van der Waals surface area contributed by atoms with E-state index < -0.39 is 0 Å².